The number of rotatable bonds is 4. The molecule has 2 aromatic rings. The Hall–Kier alpha value is -2.74. The molecular weight excluding hydrogens is 443 g/mol. The van der Waals surface area contributed by atoms with Crippen LogP contribution in [0.15, 0.2) is 48.5 Å². The lowest BCUT2D eigenvalue weighted by Crippen LogP contribution is -2.49. The highest BCUT2D eigenvalue weighted by atomic mass is 19.4. The Morgan fingerprint density at radius 1 is 1.12 bits per heavy atom. The fourth-order valence-corrected chi connectivity index (χ4v) is 5.21. The lowest BCUT2D eigenvalue weighted by molar-refractivity contribution is -0.177. The average molecular weight is 476 g/mol. The average Bonchev–Trinajstić information content (AvgIpc) is 3.04. The number of fused-ring (bicyclic) bond motifs is 1. The van der Waals surface area contributed by atoms with Gasteiger partial charge in [0, 0.05) is 37.3 Å². The Morgan fingerprint density at radius 2 is 1.74 bits per heavy atom. The summed E-state index contributed by atoms with van der Waals surface area (Å²) < 4.78 is 42.2. The van der Waals surface area contributed by atoms with Crippen molar-refractivity contribution in [3.05, 3.63) is 65.2 Å². The number of piperidine rings is 1. The first-order valence-corrected chi connectivity index (χ1v) is 11.7. The van der Waals surface area contributed by atoms with Gasteiger partial charge in [0.2, 0.25) is 0 Å². The lowest BCUT2D eigenvalue weighted by atomic mass is 9.83. The van der Waals surface area contributed by atoms with Crippen molar-refractivity contribution in [1.29, 1.82) is 0 Å². The molecule has 2 aromatic carbocycles. The standard InChI is InChI=1S/C26H32F3N3O2/c1-25(2)21-7-5-4-6-18(21)16-22(25)30-19-10-8-17(9-11-19)23(26(27,28)29)31(3)24(34)32-14-12-20(33)13-15-32/h4-11,20,22-23,30,33H,12-16H2,1-3H3/t22?,23-/m0/s1. The third-order valence-electron chi connectivity index (χ3n) is 7.31. The SMILES string of the molecule is CN(C(=O)N1CCC(O)CC1)[C@@H](c1ccc(NC2Cc3ccccc3C2(C)C)cc1)C(F)(F)F. The topological polar surface area (TPSA) is 55.8 Å². The van der Waals surface area contributed by atoms with Crippen molar-refractivity contribution in [3.8, 4) is 0 Å². The zero-order chi connectivity index (χ0) is 24.7. The summed E-state index contributed by atoms with van der Waals surface area (Å²) in [6.45, 7) is 4.84. The molecule has 2 amide bonds. The molecule has 184 valence electrons. The second-order valence-electron chi connectivity index (χ2n) is 9.96. The quantitative estimate of drug-likeness (QED) is 0.646. The van der Waals surface area contributed by atoms with Gasteiger partial charge in [-0.15, -0.1) is 0 Å². The molecule has 1 aliphatic heterocycles. The molecule has 1 heterocycles. The number of alkyl halides is 3. The predicted molar refractivity (Wildman–Crippen MR) is 126 cm³/mol. The summed E-state index contributed by atoms with van der Waals surface area (Å²) in [6.07, 6.45) is -3.54. The molecule has 2 aliphatic rings. The van der Waals surface area contributed by atoms with Gasteiger partial charge in [0.1, 0.15) is 0 Å². The molecule has 1 saturated heterocycles. The first-order valence-electron chi connectivity index (χ1n) is 11.7. The molecule has 1 fully saturated rings. The Kier molecular flexibility index (Phi) is 6.55. The zero-order valence-corrected chi connectivity index (χ0v) is 19.8. The first-order chi connectivity index (χ1) is 16.0. The number of anilines is 1. The van der Waals surface area contributed by atoms with E-state index in [-0.39, 0.29) is 30.1 Å². The van der Waals surface area contributed by atoms with Crippen LogP contribution in [0, 0.1) is 0 Å². The molecule has 0 aromatic heterocycles. The smallest absolute Gasteiger partial charge is 0.393 e. The molecule has 2 atom stereocenters. The van der Waals surface area contributed by atoms with Crippen molar-refractivity contribution in [2.45, 2.75) is 62.9 Å². The number of likely N-dealkylation sites (tertiary alicyclic amines) is 1. The molecular formula is C26H32F3N3O2. The van der Waals surface area contributed by atoms with Crippen LogP contribution in [-0.2, 0) is 11.8 Å². The minimum Gasteiger partial charge on any atom is -0.393 e. The van der Waals surface area contributed by atoms with E-state index in [4.69, 9.17) is 0 Å². The molecule has 5 nitrogen and oxygen atoms in total. The van der Waals surface area contributed by atoms with E-state index < -0.39 is 24.4 Å². The molecule has 8 heteroatoms. The summed E-state index contributed by atoms with van der Waals surface area (Å²) in [5.74, 6) is 0. The minimum atomic E-state index is -4.62. The largest absolute Gasteiger partial charge is 0.413 e. The number of aliphatic hydroxyl groups is 1. The predicted octanol–water partition coefficient (Wildman–Crippen LogP) is 5.11. The van der Waals surface area contributed by atoms with E-state index in [1.807, 2.05) is 12.1 Å². The maximum atomic E-state index is 14.1. The summed E-state index contributed by atoms with van der Waals surface area (Å²) in [7, 11) is 1.19. The number of aliphatic hydroxyl groups excluding tert-OH is 1. The zero-order valence-electron chi connectivity index (χ0n) is 19.8. The maximum absolute atomic E-state index is 14.1. The molecule has 2 N–H and O–H groups in total. The van der Waals surface area contributed by atoms with Crippen molar-refractivity contribution >= 4 is 11.7 Å². The van der Waals surface area contributed by atoms with Crippen LogP contribution in [0.3, 0.4) is 0 Å². The van der Waals surface area contributed by atoms with E-state index in [1.54, 1.807) is 12.1 Å². The molecule has 4 rings (SSSR count). The van der Waals surface area contributed by atoms with Gasteiger partial charge in [0.25, 0.3) is 0 Å². The van der Waals surface area contributed by atoms with Crippen molar-refractivity contribution in [2.75, 3.05) is 25.5 Å². The van der Waals surface area contributed by atoms with Gasteiger partial charge >= 0.3 is 12.2 Å². The molecule has 0 bridgehead atoms. The van der Waals surface area contributed by atoms with E-state index >= 15 is 0 Å². The Bertz CT molecular complexity index is 1010. The van der Waals surface area contributed by atoms with Crippen molar-refractivity contribution < 1.29 is 23.1 Å². The van der Waals surface area contributed by atoms with E-state index in [9.17, 15) is 23.1 Å². The van der Waals surface area contributed by atoms with Crippen LogP contribution in [-0.4, -0.2) is 59.4 Å². The summed E-state index contributed by atoms with van der Waals surface area (Å²) in [5, 5.41) is 13.1. The third kappa shape index (κ3) is 4.73. The Balaban J connectivity index is 1.50. The van der Waals surface area contributed by atoms with Crippen LogP contribution in [0.5, 0.6) is 0 Å². The van der Waals surface area contributed by atoms with E-state index in [2.05, 4.69) is 31.3 Å². The van der Waals surface area contributed by atoms with Crippen LogP contribution in [0.2, 0.25) is 0 Å². The van der Waals surface area contributed by atoms with Gasteiger partial charge in [-0.25, -0.2) is 4.79 Å². The Labute approximate surface area is 198 Å². The summed E-state index contributed by atoms with van der Waals surface area (Å²) in [4.78, 5) is 14.9. The van der Waals surface area contributed by atoms with Gasteiger partial charge in [-0.3, -0.25) is 0 Å². The number of nitrogens with zero attached hydrogens (tertiary/aromatic N) is 2. The second kappa shape index (κ2) is 9.13. The number of hydrogen-bond acceptors (Lipinski definition) is 3. The highest BCUT2D eigenvalue weighted by molar-refractivity contribution is 5.75. The number of carbonyl (C=O) groups is 1. The first kappa shape index (κ1) is 24.4. The molecule has 1 unspecified atom stereocenters. The molecule has 0 radical (unpaired) electrons. The van der Waals surface area contributed by atoms with Crippen molar-refractivity contribution in [3.63, 3.8) is 0 Å². The van der Waals surface area contributed by atoms with Gasteiger partial charge in [0.15, 0.2) is 6.04 Å². The van der Waals surface area contributed by atoms with Crippen molar-refractivity contribution in [2.24, 2.45) is 0 Å². The van der Waals surface area contributed by atoms with Gasteiger partial charge < -0.3 is 20.2 Å². The number of halogens is 3. The highest BCUT2D eigenvalue weighted by Gasteiger charge is 2.46. The molecule has 34 heavy (non-hydrogen) atoms. The van der Waals surface area contributed by atoms with Gasteiger partial charge in [-0.05, 0) is 48.1 Å². The third-order valence-corrected chi connectivity index (χ3v) is 7.31. The number of carbonyl (C=O) groups excluding carboxylic acids is 1. The summed E-state index contributed by atoms with van der Waals surface area (Å²) >= 11 is 0. The summed E-state index contributed by atoms with van der Waals surface area (Å²) in [5.41, 5.74) is 3.21. The molecule has 0 saturated carbocycles. The van der Waals surface area contributed by atoms with Crippen LogP contribution in [0.25, 0.3) is 0 Å². The van der Waals surface area contributed by atoms with Gasteiger partial charge in [0.05, 0.1) is 6.10 Å². The maximum Gasteiger partial charge on any atom is 0.413 e. The van der Waals surface area contributed by atoms with Crippen molar-refractivity contribution in [1.82, 2.24) is 9.80 Å². The Morgan fingerprint density at radius 3 is 2.32 bits per heavy atom. The highest BCUT2D eigenvalue weighted by Crippen LogP contribution is 2.41. The summed E-state index contributed by atoms with van der Waals surface area (Å²) in [6, 6.07) is 11.9. The monoisotopic (exact) mass is 475 g/mol. The second-order valence-corrected chi connectivity index (χ2v) is 9.96. The lowest BCUT2D eigenvalue weighted by Gasteiger charge is -2.37. The number of urea groups is 1. The number of amides is 2. The minimum absolute atomic E-state index is 0.0138. The molecule has 1 aliphatic carbocycles. The number of nitrogens with one attached hydrogen (secondary N) is 1. The fraction of sp³-hybridized carbons (Fsp3) is 0.500. The van der Waals surface area contributed by atoms with E-state index in [0.29, 0.717) is 12.8 Å². The number of benzene rings is 2. The normalized spacial score (nSPS) is 21.1. The molecule has 0 spiro atoms. The van der Waals surface area contributed by atoms with Gasteiger partial charge in [-0.1, -0.05) is 50.2 Å². The van der Waals surface area contributed by atoms with Crippen LogP contribution < -0.4 is 5.32 Å². The number of hydrogen-bond donors (Lipinski definition) is 2. The van der Waals surface area contributed by atoms with Gasteiger partial charge in [-0.2, -0.15) is 13.2 Å². The van der Waals surface area contributed by atoms with E-state index in [1.165, 1.54) is 35.2 Å². The fourth-order valence-electron chi connectivity index (χ4n) is 5.21. The van der Waals surface area contributed by atoms with Crippen LogP contribution >= 0.6 is 0 Å². The van der Waals surface area contributed by atoms with Crippen LogP contribution in [0.4, 0.5) is 23.7 Å². The van der Waals surface area contributed by atoms with E-state index in [0.717, 1.165) is 17.0 Å². The van der Waals surface area contributed by atoms with Crippen LogP contribution in [0.1, 0.15) is 49.4 Å².